The molecule has 10 heteroatoms. The van der Waals surface area contributed by atoms with E-state index in [0.29, 0.717) is 12.1 Å². The lowest BCUT2D eigenvalue weighted by molar-refractivity contribution is -0.386. The Hall–Kier alpha value is -2.00. The number of carbonyl (C=O) groups is 1. The van der Waals surface area contributed by atoms with Crippen LogP contribution < -0.4 is 5.73 Å². The number of hydrogen-bond acceptors (Lipinski definition) is 6. The molecule has 0 spiro atoms. The van der Waals surface area contributed by atoms with Crippen LogP contribution in [-0.2, 0) is 9.53 Å². The molecule has 0 fully saturated rings. The van der Waals surface area contributed by atoms with Crippen LogP contribution in [0, 0.1) is 15.9 Å². The summed E-state index contributed by atoms with van der Waals surface area (Å²) in [5.74, 6) is -3.38. The van der Waals surface area contributed by atoms with E-state index in [2.05, 4.69) is 4.74 Å². The van der Waals surface area contributed by atoms with E-state index in [1.165, 1.54) is 6.92 Å². The molecular weight excluding hydrogens is 314 g/mol. The van der Waals surface area contributed by atoms with Crippen molar-refractivity contribution in [2.45, 2.75) is 19.1 Å². The molecule has 0 aliphatic carbocycles. The number of rotatable bonds is 5. The van der Waals surface area contributed by atoms with Crippen LogP contribution in [-0.4, -0.2) is 28.8 Å². The van der Waals surface area contributed by atoms with Gasteiger partial charge in [0.2, 0.25) is 6.17 Å². The average Bonchev–Trinajstić information content (AvgIpc) is 2.39. The van der Waals surface area contributed by atoms with Gasteiger partial charge in [-0.1, -0.05) is 0 Å². The average molecular weight is 327 g/mol. The van der Waals surface area contributed by atoms with E-state index in [0.717, 1.165) is 0 Å². The van der Waals surface area contributed by atoms with E-state index < -0.39 is 45.9 Å². The summed E-state index contributed by atoms with van der Waals surface area (Å²) < 4.78 is 31.3. The van der Waals surface area contributed by atoms with E-state index >= 15 is 0 Å². The molecule has 0 aliphatic rings. The first-order valence-electron chi connectivity index (χ1n) is 5.52. The van der Waals surface area contributed by atoms with Crippen LogP contribution in [0.25, 0.3) is 0 Å². The number of phenolic OH excluding ortho intramolecular Hbond substituents is 1. The largest absolute Gasteiger partial charge is 0.502 e. The Bertz CT molecular complexity index is 544. The minimum Gasteiger partial charge on any atom is -0.502 e. The smallest absolute Gasteiger partial charge is 0.342 e. The van der Waals surface area contributed by atoms with E-state index in [9.17, 15) is 28.8 Å². The van der Waals surface area contributed by atoms with E-state index in [-0.39, 0.29) is 19.0 Å². The molecule has 21 heavy (non-hydrogen) atoms. The van der Waals surface area contributed by atoms with Crippen molar-refractivity contribution in [2.24, 2.45) is 5.73 Å². The number of aromatic hydroxyl groups is 1. The van der Waals surface area contributed by atoms with Crippen LogP contribution in [0.4, 0.5) is 14.5 Å². The first-order valence-corrected chi connectivity index (χ1v) is 5.52. The maximum Gasteiger partial charge on any atom is 0.342 e. The summed E-state index contributed by atoms with van der Waals surface area (Å²) in [6, 6.07) is -0.703. The molecule has 0 saturated heterocycles. The standard InChI is InChI=1S/C11H12F2N2O5.ClH/c1-2-20-11(17)8(13)9(14)6-3-5(12)4-7(10(6)16)15(18)19;/h3-4,8-9,16H,2,14H2,1H3;1H/t8?,9-;/m0./s1. The van der Waals surface area contributed by atoms with Crippen LogP contribution in [0.15, 0.2) is 12.1 Å². The van der Waals surface area contributed by atoms with Gasteiger partial charge in [0.1, 0.15) is 5.82 Å². The van der Waals surface area contributed by atoms with Gasteiger partial charge in [0.25, 0.3) is 0 Å². The number of esters is 1. The molecule has 0 aromatic heterocycles. The van der Waals surface area contributed by atoms with Crippen LogP contribution in [0.5, 0.6) is 5.75 Å². The fourth-order valence-electron chi connectivity index (χ4n) is 1.52. The number of hydrogen-bond donors (Lipinski definition) is 2. The van der Waals surface area contributed by atoms with Crippen molar-refractivity contribution in [1.29, 1.82) is 0 Å². The van der Waals surface area contributed by atoms with Gasteiger partial charge in [-0.2, -0.15) is 0 Å². The van der Waals surface area contributed by atoms with Gasteiger partial charge < -0.3 is 15.6 Å². The van der Waals surface area contributed by atoms with E-state index in [1.807, 2.05) is 0 Å². The third kappa shape index (κ3) is 4.23. The van der Waals surface area contributed by atoms with Crippen molar-refractivity contribution in [3.8, 4) is 5.75 Å². The molecule has 1 unspecified atom stereocenters. The molecule has 3 N–H and O–H groups in total. The second kappa shape index (κ2) is 7.70. The van der Waals surface area contributed by atoms with E-state index in [4.69, 9.17) is 5.73 Å². The zero-order chi connectivity index (χ0) is 15.4. The van der Waals surface area contributed by atoms with Gasteiger partial charge in [-0.05, 0) is 13.0 Å². The zero-order valence-corrected chi connectivity index (χ0v) is 11.6. The Balaban J connectivity index is 0.00000400. The molecule has 1 aromatic rings. The summed E-state index contributed by atoms with van der Waals surface area (Å²) in [5, 5.41) is 20.2. The molecule has 0 saturated carbocycles. The van der Waals surface area contributed by atoms with Crippen molar-refractivity contribution in [1.82, 2.24) is 0 Å². The molecule has 0 radical (unpaired) electrons. The number of benzene rings is 1. The van der Waals surface area contributed by atoms with Gasteiger partial charge >= 0.3 is 11.7 Å². The summed E-state index contributed by atoms with van der Waals surface area (Å²) >= 11 is 0. The number of carbonyl (C=O) groups excluding carboxylic acids is 1. The van der Waals surface area contributed by atoms with Crippen molar-refractivity contribution >= 4 is 24.1 Å². The quantitative estimate of drug-likeness (QED) is 0.484. The Morgan fingerprint density at radius 3 is 2.62 bits per heavy atom. The summed E-state index contributed by atoms with van der Waals surface area (Å²) in [6.45, 7) is 1.35. The number of ether oxygens (including phenoxy) is 1. The molecule has 1 aromatic carbocycles. The van der Waals surface area contributed by atoms with E-state index in [1.54, 1.807) is 0 Å². The fourth-order valence-corrected chi connectivity index (χ4v) is 1.52. The van der Waals surface area contributed by atoms with Gasteiger partial charge in [-0.25, -0.2) is 13.6 Å². The molecule has 1 rings (SSSR count). The highest BCUT2D eigenvalue weighted by Gasteiger charge is 2.32. The lowest BCUT2D eigenvalue weighted by atomic mass is 10.0. The molecule has 7 nitrogen and oxygen atoms in total. The Morgan fingerprint density at radius 2 is 2.14 bits per heavy atom. The van der Waals surface area contributed by atoms with Gasteiger partial charge in [0.05, 0.1) is 23.6 Å². The SMILES string of the molecule is CCOC(=O)C(F)[C@@H](N)c1cc(F)cc([N+](=O)[O-])c1O.Cl. The van der Waals surface area contributed by atoms with Crippen molar-refractivity contribution in [2.75, 3.05) is 6.61 Å². The molecule has 0 heterocycles. The minimum absolute atomic E-state index is 0. The zero-order valence-electron chi connectivity index (χ0n) is 10.8. The van der Waals surface area contributed by atoms with Crippen LogP contribution in [0.1, 0.15) is 18.5 Å². The van der Waals surface area contributed by atoms with Crippen molar-refractivity contribution in [3.63, 3.8) is 0 Å². The number of nitrogens with zero attached hydrogens (tertiary/aromatic N) is 1. The monoisotopic (exact) mass is 326 g/mol. The predicted octanol–water partition coefficient (Wildman–Crippen LogP) is 1.76. The Kier molecular flexibility index (Phi) is 6.96. The highest BCUT2D eigenvalue weighted by Crippen LogP contribution is 2.35. The maximum absolute atomic E-state index is 13.7. The van der Waals surface area contributed by atoms with Crippen LogP contribution in [0.3, 0.4) is 0 Å². The predicted molar refractivity (Wildman–Crippen MR) is 70.4 cm³/mol. The normalized spacial score (nSPS) is 13.0. The Labute approximate surface area is 124 Å². The first-order chi connectivity index (χ1) is 9.29. The molecule has 118 valence electrons. The molecular formula is C11H13ClF2N2O5. The summed E-state index contributed by atoms with van der Waals surface area (Å²) in [7, 11) is 0. The number of nitrogens with two attached hydrogens (primary N) is 1. The Morgan fingerprint density at radius 1 is 1.57 bits per heavy atom. The van der Waals surface area contributed by atoms with Gasteiger partial charge in [0.15, 0.2) is 5.75 Å². The fraction of sp³-hybridized carbons (Fsp3) is 0.364. The van der Waals surface area contributed by atoms with Crippen LogP contribution >= 0.6 is 12.4 Å². The topological polar surface area (TPSA) is 116 Å². The van der Waals surface area contributed by atoms with Gasteiger partial charge in [0, 0.05) is 5.56 Å². The number of halogens is 3. The summed E-state index contributed by atoms with van der Waals surface area (Å²) in [5.41, 5.74) is 3.83. The van der Waals surface area contributed by atoms with Crippen LogP contribution in [0.2, 0.25) is 0 Å². The van der Waals surface area contributed by atoms with Gasteiger partial charge in [-0.3, -0.25) is 10.1 Å². The van der Waals surface area contributed by atoms with Gasteiger partial charge in [-0.15, -0.1) is 12.4 Å². The number of alkyl halides is 1. The minimum atomic E-state index is -2.39. The maximum atomic E-state index is 13.7. The molecule has 0 bridgehead atoms. The highest BCUT2D eigenvalue weighted by molar-refractivity contribution is 5.85. The number of nitro groups is 1. The molecule has 0 amide bonds. The number of phenols is 1. The van der Waals surface area contributed by atoms with Crippen molar-refractivity contribution < 1.29 is 28.3 Å². The molecule has 0 aliphatic heterocycles. The third-order valence-corrected chi connectivity index (χ3v) is 2.47. The number of nitro benzene ring substituents is 1. The van der Waals surface area contributed by atoms with Crippen molar-refractivity contribution in [3.05, 3.63) is 33.6 Å². The second-order valence-electron chi connectivity index (χ2n) is 3.80. The lowest BCUT2D eigenvalue weighted by Gasteiger charge is -2.16. The highest BCUT2D eigenvalue weighted by atomic mass is 35.5. The second-order valence-corrected chi connectivity index (χ2v) is 3.80. The third-order valence-electron chi connectivity index (χ3n) is 2.47. The summed E-state index contributed by atoms with van der Waals surface area (Å²) in [6.07, 6.45) is -2.39. The lowest BCUT2D eigenvalue weighted by Crippen LogP contribution is -2.31. The first kappa shape index (κ1) is 19.0. The summed E-state index contributed by atoms with van der Waals surface area (Å²) in [4.78, 5) is 20.7. The molecule has 2 atom stereocenters.